The van der Waals surface area contributed by atoms with Crippen LogP contribution in [0.15, 0.2) is 0 Å². The lowest BCUT2D eigenvalue weighted by Gasteiger charge is -2.10. The highest BCUT2D eigenvalue weighted by Crippen LogP contribution is 2.24. The summed E-state index contributed by atoms with van der Waals surface area (Å²) in [7, 11) is 0. The van der Waals surface area contributed by atoms with E-state index >= 15 is 0 Å². The maximum absolute atomic E-state index is 11.0. The second kappa shape index (κ2) is 3.06. The number of hydrogen-bond donors (Lipinski definition) is 1. The number of ketones is 1. The Morgan fingerprint density at radius 1 is 1.73 bits per heavy atom. The molecule has 0 amide bonds. The van der Waals surface area contributed by atoms with Gasteiger partial charge in [-0.3, -0.25) is 4.79 Å². The molecule has 2 nitrogen and oxygen atoms in total. The van der Waals surface area contributed by atoms with Crippen LogP contribution >= 0.6 is 0 Å². The highest BCUT2D eigenvalue weighted by molar-refractivity contribution is 5.92. The molecule has 0 spiro atoms. The van der Waals surface area contributed by atoms with Gasteiger partial charge in [-0.1, -0.05) is 12.8 Å². The average molecular weight is 152 g/mol. The van der Waals surface area contributed by atoms with E-state index in [1.807, 2.05) is 6.92 Å². The third-order valence-corrected chi connectivity index (χ3v) is 1.88. The Labute approximate surface area is 66.6 Å². The molecule has 60 valence electrons. The van der Waals surface area contributed by atoms with E-state index in [9.17, 15) is 9.90 Å². The Bertz CT molecular complexity index is 221. The molecule has 0 saturated heterocycles. The summed E-state index contributed by atoms with van der Waals surface area (Å²) in [5.41, 5.74) is -1.30. The van der Waals surface area contributed by atoms with Crippen molar-refractivity contribution < 1.29 is 9.90 Å². The molecule has 0 heterocycles. The van der Waals surface area contributed by atoms with Crippen molar-refractivity contribution in [3.05, 3.63) is 0 Å². The molecule has 1 saturated carbocycles. The summed E-state index contributed by atoms with van der Waals surface area (Å²) in [5, 5.41) is 9.57. The summed E-state index contributed by atoms with van der Waals surface area (Å²) in [4.78, 5) is 11.0. The fourth-order valence-electron chi connectivity index (χ4n) is 1.22. The second-order valence-corrected chi connectivity index (χ2v) is 2.79. The standard InChI is InChI=1S/C9H12O2/c1-2-3-6-9(11)7-4-5-8(9)10/h11H,2,4-5,7H2,1H3. The lowest BCUT2D eigenvalue weighted by molar-refractivity contribution is -0.128. The number of Topliss-reactive ketones (excluding diaryl/α,β-unsaturated/α-hetero) is 1. The molecule has 1 aliphatic rings. The molecule has 0 aliphatic heterocycles. The first-order valence-corrected chi connectivity index (χ1v) is 3.95. The normalized spacial score (nSPS) is 29.8. The predicted molar refractivity (Wildman–Crippen MR) is 41.9 cm³/mol. The SMILES string of the molecule is CCC#CC1(O)CCCC1=O. The summed E-state index contributed by atoms with van der Waals surface area (Å²) in [5.74, 6) is 5.24. The maximum atomic E-state index is 11.0. The summed E-state index contributed by atoms with van der Waals surface area (Å²) in [6.07, 6.45) is 2.46. The van der Waals surface area contributed by atoms with Crippen LogP contribution in [0.4, 0.5) is 0 Å². The van der Waals surface area contributed by atoms with Crippen molar-refractivity contribution in [3.63, 3.8) is 0 Å². The third-order valence-electron chi connectivity index (χ3n) is 1.88. The third kappa shape index (κ3) is 1.61. The lowest BCUT2D eigenvalue weighted by atomic mass is 10.0. The molecule has 1 rings (SSSR count). The zero-order valence-electron chi connectivity index (χ0n) is 6.68. The van der Waals surface area contributed by atoms with Crippen molar-refractivity contribution in [2.75, 3.05) is 0 Å². The Kier molecular flexibility index (Phi) is 2.31. The van der Waals surface area contributed by atoms with Gasteiger partial charge in [-0.15, -0.1) is 5.92 Å². The van der Waals surface area contributed by atoms with E-state index in [-0.39, 0.29) is 5.78 Å². The van der Waals surface area contributed by atoms with Crippen molar-refractivity contribution >= 4 is 5.78 Å². The molecule has 1 fully saturated rings. The predicted octanol–water partition coefficient (Wildman–Crippen LogP) is 0.884. The van der Waals surface area contributed by atoms with Gasteiger partial charge in [0.15, 0.2) is 11.4 Å². The molecule has 1 N–H and O–H groups in total. The Morgan fingerprint density at radius 2 is 2.45 bits per heavy atom. The molecule has 1 atom stereocenters. The zero-order valence-corrected chi connectivity index (χ0v) is 6.68. The van der Waals surface area contributed by atoms with Crippen LogP contribution in [0.1, 0.15) is 32.6 Å². The van der Waals surface area contributed by atoms with E-state index in [4.69, 9.17) is 0 Å². The molecule has 0 radical (unpaired) electrons. The van der Waals surface area contributed by atoms with Gasteiger partial charge in [-0.05, 0) is 12.8 Å². The molecule has 11 heavy (non-hydrogen) atoms. The van der Waals surface area contributed by atoms with Crippen LogP contribution in [0.2, 0.25) is 0 Å². The molecular formula is C9H12O2. The molecule has 0 aromatic heterocycles. The van der Waals surface area contributed by atoms with Gasteiger partial charge in [0.2, 0.25) is 0 Å². The van der Waals surface area contributed by atoms with E-state index in [1.54, 1.807) is 0 Å². The average Bonchev–Trinajstić information content (AvgIpc) is 2.30. The van der Waals surface area contributed by atoms with Gasteiger partial charge in [0.25, 0.3) is 0 Å². The highest BCUT2D eigenvalue weighted by Gasteiger charge is 2.37. The van der Waals surface area contributed by atoms with Gasteiger partial charge in [0, 0.05) is 12.8 Å². The van der Waals surface area contributed by atoms with Gasteiger partial charge in [0.05, 0.1) is 0 Å². The summed E-state index contributed by atoms with van der Waals surface area (Å²) in [6, 6.07) is 0. The molecular weight excluding hydrogens is 140 g/mol. The summed E-state index contributed by atoms with van der Waals surface area (Å²) in [6.45, 7) is 1.90. The molecule has 0 bridgehead atoms. The van der Waals surface area contributed by atoms with Gasteiger partial charge < -0.3 is 5.11 Å². The number of carbonyl (C=O) groups is 1. The van der Waals surface area contributed by atoms with Crippen LogP contribution in [0.5, 0.6) is 0 Å². The quantitative estimate of drug-likeness (QED) is 0.523. The molecule has 0 aromatic rings. The Hall–Kier alpha value is -0.810. The Balaban J connectivity index is 2.73. The number of carbonyl (C=O) groups excluding carboxylic acids is 1. The largest absolute Gasteiger partial charge is 0.371 e. The number of rotatable bonds is 0. The zero-order chi connectivity index (χ0) is 8.32. The Morgan fingerprint density at radius 3 is 2.91 bits per heavy atom. The highest BCUT2D eigenvalue weighted by atomic mass is 16.3. The molecule has 0 aromatic carbocycles. The molecule has 2 heteroatoms. The van der Waals surface area contributed by atoms with E-state index in [1.165, 1.54) is 0 Å². The number of aliphatic hydroxyl groups is 1. The minimum absolute atomic E-state index is 0.113. The van der Waals surface area contributed by atoms with E-state index in [2.05, 4.69) is 11.8 Å². The van der Waals surface area contributed by atoms with Crippen LogP contribution in [-0.2, 0) is 4.79 Å². The first kappa shape index (κ1) is 8.29. The monoisotopic (exact) mass is 152 g/mol. The van der Waals surface area contributed by atoms with E-state index in [0.717, 1.165) is 6.42 Å². The van der Waals surface area contributed by atoms with E-state index < -0.39 is 5.60 Å². The van der Waals surface area contributed by atoms with Crippen LogP contribution in [-0.4, -0.2) is 16.5 Å². The smallest absolute Gasteiger partial charge is 0.184 e. The summed E-state index contributed by atoms with van der Waals surface area (Å²) >= 11 is 0. The van der Waals surface area contributed by atoms with Crippen LogP contribution in [0.25, 0.3) is 0 Å². The van der Waals surface area contributed by atoms with Crippen LogP contribution in [0, 0.1) is 11.8 Å². The van der Waals surface area contributed by atoms with Crippen molar-refractivity contribution in [2.24, 2.45) is 0 Å². The van der Waals surface area contributed by atoms with Crippen molar-refractivity contribution in [3.8, 4) is 11.8 Å². The van der Waals surface area contributed by atoms with E-state index in [0.29, 0.717) is 19.3 Å². The molecule has 1 unspecified atom stereocenters. The van der Waals surface area contributed by atoms with Crippen molar-refractivity contribution in [1.82, 2.24) is 0 Å². The van der Waals surface area contributed by atoms with Gasteiger partial charge in [-0.25, -0.2) is 0 Å². The molecule has 1 aliphatic carbocycles. The van der Waals surface area contributed by atoms with Crippen molar-refractivity contribution in [1.29, 1.82) is 0 Å². The lowest BCUT2D eigenvalue weighted by Crippen LogP contribution is -2.31. The fraction of sp³-hybridized carbons (Fsp3) is 0.667. The van der Waals surface area contributed by atoms with Gasteiger partial charge >= 0.3 is 0 Å². The number of hydrogen-bond acceptors (Lipinski definition) is 2. The maximum Gasteiger partial charge on any atom is 0.184 e. The fourth-order valence-corrected chi connectivity index (χ4v) is 1.22. The van der Waals surface area contributed by atoms with Crippen LogP contribution < -0.4 is 0 Å². The second-order valence-electron chi connectivity index (χ2n) is 2.79. The first-order valence-electron chi connectivity index (χ1n) is 3.95. The minimum Gasteiger partial charge on any atom is -0.371 e. The van der Waals surface area contributed by atoms with Crippen molar-refractivity contribution in [2.45, 2.75) is 38.2 Å². The topological polar surface area (TPSA) is 37.3 Å². The van der Waals surface area contributed by atoms with Gasteiger partial charge in [0.1, 0.15) is 0 Å². The first-order chi connectivity index (χ1) is 5.19. The van der Waals surface area contributed by atoms with Crippen LogP contribution in [0.3, 0.4) is 0 Å². The van der Waals surface area contributed by atoms with Gasteiger partial charge in [-0.2, -0.15) is 0 Å². The minimum atomic E-state index is -1.30. The summed E-state index contributed by atoms with van der Waals surface area (Å²) < 4.78 is 0.